The zero-order chi connectivity index (χ0) is 23.4. The van der Waals surface area contributed by atoms with Gasteiger partial charge in [-0.25, -0.2) is 4.79 Å². The summed E-state index contributed by atoms with van der Waals surface area (Å²) in [6, 6.07) is 13.5. The molecule has 0 aliphatic heterocycles. The van der Waals surface area contributed by atoms with Crippen molar-refractivity contribution in [3.05, 3.63) is 71.4 Å². The van der Waals surface area contributed by atoms with Crippen LogP contribution in [0.1, 0.15) is 25.0 Å². The summed E-state index contributed by atoms with van der Waals surface area (Å²) in [6.07, 6.45) is 1.68. The lowest BCUT2D eigenvalue weighted by molar-refractivity contribution is -0.120. The number of rotatable bonds is 7. The molecular weight excluding hydrogens is 396 g/mol. The molecule has 0 aliphatic rings. The first-order valence-electron chi connectivity index (χ1n) is 9.33. The highest BCUT2D eigenvalue weighted by molar-refractivity contribution is 5.96. The Labute approximate surface area is 181 Å². The first-order chi connectivity index (χ1) is 14.8. The predicted molar refractivity (Wildman–Crippen MR) is 123 cm³/mol. The lowest BCUT2D eigenvalue weighted by Crippen LogP contribution is -2.42. The monoisotopic (exact) mass is 424 g/mol. The van der Waals surface area contributed by atoms with Crippen LogP contribution in [-0.2, 0) is 16.1 Å². The maximum absolute atomic E-state index is 12.6. The van der Waals surface area contributed by atoms with E-state index in [0.29, 0.717) is 23.5 Å². The summed E-state index contributed by atoms with van der Waals surface area (Å²) in [5.41, 5.74) is 14.8. The number of carbonyl (C=O) groups excluding carboxylic acids is 3. The number of allylic oxidation sites excluding steroid dienone is 1. The molecule has 0 atom stereocenters. The molecule has 3 amide bonds. The van der Waals surface area contributed by atoms with Gasteiger partial charge in [-0.1, -0.05) is 35.9 Å². The minimum atomic E-state index is -0.433. The standard InChI is InChI=1S/C21H26N6O2.CH2O/c1-14(2)13-27(18-5-3-4-17(22)10-18)21(29)26-12-19(28)25-11-15-6-8-16(9-7-15)20(23)24;1-2/h3-10,13H,11-12,22H2,1-2H3,(H3,23,24)(H,25,28)(H,26,29);1H2. The largest absolute Gasteiger partial charge is 0.399 e. The number of nitrogen functional groups attached to an aromatic ring is 2. The van der Waals surface area contributed by atoms with Crippen molar-refractivity contribution >= 4 is 35.9 Å². The van der Waals surface area contributed by atoms with E-state index in [1.807, 2.05) is 20.6 Å². The van der Waals surface area contributed by atoms with E-state index in [9.17, 15) is 9.59 Å². The average Bonchev–Trinajstić information content (AvgIpc) is 2.76. The van der Waals surface area contributed by atoms with Crippen LogP contribution < -0.4 is 27.0 Å². The molecule has 0 aliphatic carbocycles. The molecule has 0 heterocycles. The molecular formula is C22H28N6O3. The molecule has 0 aromatic heterocycles. The highest BCUT2D eigenvalue weighted by Gasteiger charge is 2.15. The Bertz CT molecular complexity index is 937. The van der Waals surface area contributed by atoms with E-state index in [1.54, 1.807) is 54.7 Å². The summed E-state index contributed by atoms with van der Waals surface area (Å²) in [7, 11) is 0. The number of carbonyl (C=O) groups is 3. The maximum Gasteiger partial charge on any atom is 0.326 e. The summed E-state index contributed by atoms with van der Waals surface area (Å²) < 4.78 is 0. The molecule has 0 bridgehead atoms. The first-order valence-corrected chi connectivity index (χ1v) is 9.33. The third-order valence-corrected chi connectivity index (χ3v) is 3.91. The van der Waals surface area contributed by atoms with Crippen LogP contribution in [0.2, 0.25) is 0 Å². The first kappa shape index (κ1) is 24.9. The van der Waals surface area contributed by atoms with Crippen LogP contribution in [0.5, 0.6) is 0 Å². The second kappa shape index (κ2) is 12.4. The number of nitrogens with two attached hydrogens (primary N) is 2. The molecule has 31 heavy (non-hydrogen) atoms. The highest BCUT2D eigenvalue weighted by Crippen LogP contribution is 2.19. The van der Waals surface area contributed by atoms with Crippen molar-refractivity contribution in [3.63, 3.8) is 0 Å². The molecule has 2 rings (SSSR count). The fourth-order valence-corrected chi connectivity index (χ4v) is 2.49. The van der Waals surface area contributed by atoms with Gasteiger partial charge in [0.2, 0.25) is 5.91 Å². The Balaban J connectivity index is 0.00000233. The van der Waals surface area contributed by atoms with Crippen LogP contribution in [0.15, 0.2) is 60.3 Å². The van der Waals surface area contributed by atoms with Gasteiger partial charge in [0, 0.05) is 24.0 Å². The van der Waals surface area contributed by atoms with E-state index in [2.05, 4.69) is 10.6 Å². The molecule has 0 unspecified atom stereocenters. The van der Waals surface area contributed by atoms with Crippen molar-refractivity contribution in [2.75, 3.05) is 17.2 Å². The van der Waals surface area contributed by atoms with Crippen molar-refractivity contribution in [2.45, 2.75) is 20.4 Å². The summed E-state index contributed by atoms with van der Waals surface area (Å²) in [4.78, 5) is 34.1. The van der Waals surface area contributed by atoms with Gasteiger partial charge in [-0.3, -0.25) is 15.1 Å². The third-order valence-electron chi connectivity index (χ3n) is 3.91. The number of amides is 3. The number of amidine groups is 1. The number of nitrogens with one attached hydrogen (secondary N) is 3. The van der Waals surface area contributed by atoms with Crippen LogP contribution in [0, 0.1) is 5.41 Å². The van der Waals surface area contributed by atoms with Gasteiger partial charge in [0.25, 0.3) is 0 Å². The van der Waals surface area contributed by atoms with E-state index in [0.717, 1.165) is 11.1 Å². The molecule has 0 spiro atoms. The lowest BCUT2D eigenvalue weighted by Gasteiger charge is -2.20. The molecule has 9 nitrogen and oxygen atoms in total. The van der Waals surface area contributed by atoms with Crippen molar-refractivity contribution < 1.29 is 14.4 Å². The van der Waals surface area contributed by atoms with Crippen LogP contribution in [-0.4, -0.2) is 31.1 Å². The van der Waals surface area contributed by atoms with Gasteiger partial charge in [0.05, 0.1) is 12.2 Å². The normalized spacial score (nSPS) is 9.48. The van der Waals surface area contributed by atoms with E-state index < -0.39 is 6.03 Å². The van der Waals surface area contributed by atoms with Gasteiger partial charge < -0.3 is 26.9 Å². The molecule has 0 saturated heterocycles. The van der Waals surface area contributed by atoms with E-state index in [-0.39, 0.29) is 18.3 Å². The van der Waals surface area contributed by atoms with Crippen molar-refractivity contribution in [1.82, 2.24) is 10.6 Å². The summed E-state index contributed by atoms with van der Waals surface area (Å²) in [6.45, 7) is 5.88. The average molecular weight is 425 g/mol. The summed E-state index contributed by atoms with van der Waals surface area (Å²) in [5, 5.41) is 12.7. The van der Waals surface area contributed by atoms with Crippen molar-refractivity contribution in [1.29, 1.82) is 5.41 Å². The number of anilines is 2. The van der Waals surface area contributed by atoms with Crippen LogP contribution >= 0.6 is 0 Å². The van der Waals surface area contributed by atoms with Crippen LogP contribution in [0.3, 0.4) is 0 Å². The van der Waals surface area contributed by atoms with E-state index >= 15 is 0 Å². The predicted octanol–water partition coefficient (Wildman–Crippen LogP) is 2.12. The molecule has 2 aromatic carbocycles. The molecule has 164 valence electrons. The Morgan fingerprint density at radius 2 is 1.74 bits per heavy atom. The Morgan fingerprint density at radius 1 is 1.10 bits per heavy atom. The molecule has 0 fully saturated rings. The zero-order valence-corrected chi connectivity index (χ0v) is 17.6. The van der Waals surface area contributed by atoms with Gasteiger partial charge in [-0.15, -0.1) is 0 Å². The minimum absolute atomic E-state index is 0.00982. The van der Waals surface area contributed by atoms with Crippen LogP contribution in [0.4, 0.5) is 16.2 Å². The molecule has 7 N–H and O–H groups in total. The second-order valence-corrected chi connectivity index (χ2v) is 6.72. The number of hydrogen-bond acceptors (Lipinski definition) is 5. The summed E-state index contributed by atoms with van der Waals surface area (Å²) >= 11 is 0. The topological polar surface area (TPSA) is 154 Å². The smallest absolute Gasteiger partial charge is 0.326 e. The summed E-state index contributed by atoms with van der Waals surface area (Å²) in [5.74, 6) is -0.330. The third kappa shape index (κ3) is 8.40. The maximum atomic E-state index is 12.6. The van der Waals surface area contributed by atoms with Gasteiger partial charge in [-0.2, -0.15) is 0 Å². The molecule has 0 saturated carbocycles. The molecule has 9 heteroatoms. The van der Waals surface area contributed by atoms with E-state index in [4.69, 9.17) is 21.7 Å². The zero-order valence-electron chi connectivity index (χ0n) is 17.6. The lowest BCUT2D eigenvalue weighted by atomic mass is 10.1. The Hall–Kier alpha value is -4.14. The Morgan fingerprint density at radius 3 is 2.29 bits per heavy atom. The fraction of sp³-hybridized carbons (Fsp3) is 0.182. The van der Waals surface area contributed by atoms with Gasteiger partial charge in [-0.05, 0) is 37.6 Å². The van der Waals surface area contributed by atoms with Crippen molar-refractivity contribution in [2.24, 2.45) is 5.73 Å². The quantitative estimate of drug-likeness (QED) is 0.262. The number of hydrogen-bond donors (Lipinski definition) is 5. The molecule has 0 radical (unpaired) electrons. The molecule has 2 aromatic rings. The fourth-order valence-electron chi connectivity index (χ4n) is 2.49. The number of benzene rings is 2. The minimum Gasteiger partial charge on any atom is -0.399 e. The number of nitrogens with zero attached hydrogens (tertiary/aromatic N) is 1. The number of urea groups is 1. The van der Waals surface area contributed by atoms with Gasteiger partial charge in [0.1, 0.15) is 12.6 Å². The van der Waals surface area contributed by atoms with Gasteiger partial charge >= 0.3 is 6.03 Å². The van der Waals surface area contributed by atoms with Crippen LogP contribution in [0.25, 0.3) is 0 Å². The van der Waals surface area contributed by atoms with Gasteiger partial charge in [0.15, 0.2) is 0 Å². The SMILES string of the molecule is C=O.CC(C)=CN(C(=O)NCC(=O)NCc1ccc(C(=N)N)cc1)c1cccc(N)c1. The highest BCUT2D eigenvalue weighted by atomic mass is 16.2. The second-order valence-electron chi connectivity index (χ2n) is 6.72. The van der Waals surface area contributed by atoms with Crippen molar-refractivity contribution in [3.8, 4) is 0 Å². The Kier molecular flexibility index (Phi) is 9.98. The van der Waals surface area contributed by atoms with E-state index in [1.165, 1.54) is 4.90 Å².